The molecule has 0 amide bonds. The van der Waals surface area contributed by atoms with Crippen molar-refractivity contribution < 1.29 is 17.6 Å². The van der Waals surface area contributed by atoms with Crippen LogP contribution in [0.1, 0.15) is 40.8 Å². The van der Waals surface area contributed by atoms with Crippen molar-refractivity contribution in [1.82, 2.24) is 34.1 Å². The molecule has 13 heteroatoms. The molecule has 0 radical (unpaired) electrons. The zero-order valence-corrected chi connectivity index (χ0v) is 22.1. The second-order valence-corrected chi connectivity index (χ2v) is 12.2. The van der Waals surface area contributed by atoms with E-state index in [0.29, 0.717) is 23.7 Å². The molecule has 0 N–H and O–H groups in total. The molecule has 0 unspecified atom stereocenters. The minimum absolute atomic E-state index is 0.0403. The van der Waals surface area contributed by atoms with Crippen molar-refractivity contribution in [2.24, 2.45) is 5.41 Å². The monoisotopic (exact) mass is 553 g/mol. The van der Waals surface area contributed by atoms with Crippen molar-refractivity contribution in [3.63, 3.8) is 0 Å². The van der Waals surface area contributed by atoms with Crippen molar-refractivity contribution in [3.8, 4) is 5.69 Å². The number of carbonyl (C=O) groups excluding carboxylic acids is 1. The number of hydrogen-bond donors (Lipinski definition) is 0. The van der Waals surface area contributed by atoms with Crippen LogP contribution in [0.4, 0.5) is 4.39 Å². The van der Waals surface area contributed by atoms with E-state index in [4.69, 9.17) is 0 Å². The minimum Gasteiger partial charge on any atom is -0.290 e. The number of piperidine rings is 1. The van der Waals surface area contributed by atoms with Gasteiger partial charge in [0.15, 0.2) is 5.01 Å². The Morgan fingerprint density at radius 3 is 2.79 bits per heavy atom. The molecule has 0 bridgehead atoms. The second kappa shape index (κ2) is 9.33. The van der Waals surface area contributed by atoms with Gasteiger partial charge in [0.25, 0.3) is 10.0 Å². The number of halogens is 1. The van der Waals surface area contributed by atoms with Crippen LogP contribution in [0, 0.1) is 11.2 Å². The number of hydrogen-bond acceptors (Lipinski definition) is 8. The van der Waals surface area contributed by atoms with Crippen LogP contribution in [0.15, 0.2) is 58.8 Å². The van der Waals surface area contributed by atoms with Gasteiger partial charge in [-0.3, -0.25) is 9.48 Å². The van der Waals surface area contributed by atoms with E-state index in [1.54, 1.807) is 34.6 Å². The molecule has 1 aromatic carbocycles. The van der Waals surface area contributed by atoms with Crippen molar-refractivity contribution >= 4 is 33.2 Å². The lowest BCUT2D eigenvalue weighted by Gasteiger charge is -2.44. The normalized spacial score (nSPS) is 19.6. The third-order valence-electron chi connectivity index (χ3n) is 7.09. The Labute approximate surface area is 222 Å². The fourth-order valence-electron chi connectivity index (χ4n) is 5.22. The summed E-state index contributed by atoms with van der Waals surface area (Å²) in [5.41, 5.74) is 1.99. The lowest BCUT2D eigenvalue weighted by atomic mass is 9.66. The van der Waals surface area contributed by atoms with Crippen LogP contribution in [0.3, 0.4) is 0 Å². The lowest BCUT2D eigenvalue weighted by Crippen LogP contribution is -2.53. The summed E-state index contributed by atoms with van der Waals surface area (Å²) in [7, 11) is -3.98. The van der Waals surface area contributed by atoms with Crippen molar-refractivity contribution in [1.29, 1.82) is 0 Å². The fourth-order valence-corrected chi connectivity index (χ4v) is 7.27. The molecule has 0 spiro atoms. The number of nitrogens with zero attached hydrogens (tertiary/aromatic N) is 7. The number of fused-ring (bicyclic) bond motifs is 2. The van der Waals surface area contributed by atoms with E-state index >= 15 is 0 Å². The molecule has 6 rings (SSSR count). The highest BCUT2D eigenvalue weighted by Gasteiger charge is 2.52. The highest BCUT2D eigenvalue weighted by atomic mass is 32.2. The zero-order valence-electron chi connectivity index (χ0n) is 20.5. The quantitative estimate of drug-likeness (QED) is 0.322. The van der Waals surface area contributed by atoms with Gasteiger partial charge in [0.05, 0.1) is 29.2 Å². The predicted octanol–water partition coefficient (Wildman–Crippen LogP) is 3.37. The first-order valence-corrected chi connectivity index (χ1v) is 14.5. The van der Waals surface area contributed by atoms with Gasteiger partial charge in [-0.25, -0.2) is 22.5 Å². The van der Waals surface area contributed by atoms with E-state index in [1.165, 1.54) is 38.7 Å². The summed E-state index contributed by atoms with van der Waals surface area (Å²) in [6, 6.07) is 6.03. The number of Topliss-reactive ketones (excluding diaryl/α,β-unsaturated/α-hetero) is 1. The number of aromatic nitrogens is 6. The standard InChI is InChI=1S/C25H24FN7O3S2/c1-2-9-31-15-22(29-30-31)38(35,36)32-10-7-18-12-21-17(14-28-33(21)20-5-3-19(26)4-6-20)13-25(18,16-32)23(34)24-27-8-11-37-24/h3-6,8,11-12,14-15H,2,7,9-10,13,16H2,1H3/t25-/m0/s1. The van der Waals surface area contributed by atoms with Gasteiger partial charge in [0, 0.05) is 31.2 Å². The first kappa shape index (κ1) is 24.8. The summed E-state index contributed by atoms with van der Waals surface area (Å²) in [5, 5.41) is 14.3. The average Bonchev–Trinajstić information content (AvgIpc) is 3.69. The minimum atomic E-state index is -3.98. The highest BCUT2D eigenvalue weighted by molar-refractivity contribution is 7.89. The molecule has 1 saturated heterocycles. The van der Waals surface area contributed by atoms with Crippen LogP contribution in [-0.4, -0.2) is 61.4 Å². The molecule has 1 aliphatic heterocycles. The number of thiazole rings is 1. The summed E-state index contributed by atoms with van der Waals surface area (Å²) in [5.74, 6) is -0.557. The topological polar surface area (TPSA) is 116 Å². The van der Waals surface area contributed by atoms with E-state index < -0.39 is 15.4 Å². The molecule has 10 nitrogen and oxygen atoms in total. The molecule has 4 aromatic rings. The SMILES string of the molecule is CCCn1cc(S(=O)(=O)N2CCC3=Cc4c(cnn4-c4ccc(F)cc4)C[C@]3(C(=O)c3nccs3)C2)nn1. The number of carbonyl (C=O) groups is 1. The van der Waals surface area contributed by atoms with E-state index in [2.05, 4.69) is 20.4 Å². The average molecular weight is 554 g/mol. The van der Waals surface area contributed by atoms with Crippen molar-refractivity contribution in [3.05, 3.63) is 75.9 Å². The summed E-state index contributed by atoms with van der Waals surface area (Å²) in [6.45, 7) is 2.68. The van der Waals surface area contributed by atoms with Gasteiger partial charge < -0.3 is 0 Å². The molecule has 4 heterocycles. The molecule has 3 aromatic heterocycles. The van der Waals surface area contributed by atoms with Crippen LogP contribution < -0.4 is 0 Å². The summed E-state index contributed by atoms with van der Waals surface area (Å²) in [4.78, 5) is 18.3. The van der Waals surface area contributed by atoms with Gasteiger partial charge in [-0.2, -0.15) is 9.40 Å². The van der Waals surface area contributed by atoms with Gasteiger partial charge in [0.1, 0.15) is 5.82 Å². The molecular formula is C25H24FN7O3S2. The van der Waals surface area contributed by atoms with E-state index in [9.17, 15) is 17.6 Å². The Hall–Kier alpha value is -3.55. The van der Waals surface area contributed by atoms with E-state index in [-0.39, 0.29) is 36.1 Å². The van der Waals surface area contributed by atoms with Crippen molar-refractivity contribution in [2.75, 3.05) is 13.1 Å². The van der Waals surface area contributed by atoms with Crippen LogP contribution in [0.5, 0.6) is 0 Å². The predicted molar refractivity (Wildman–Crippen MR) is 138 cm³/mol. The third kappa shape index (κ3) is 4.01. The molecule has 38 heavy (non-hydrogen) atoms. The van der Waals surface area contributed by atoms with Crippen LogP contribution in [0.25, 0.3) is 11.8 Å². The molecule has 196 valence electrons. The molecule has 2 aliphatic rings. The van der Waals surface area contributed by atoms with Crippen LogP contribution >= 0.6 is 11.3 Å². The summed E-state index contributed by atoms with van der Waals surface area (Å²) >= 11 is 1.24. The smallest absolute Gasteiger partial charge is 0.264 e. The first-order valence-electron chi connectivity index (χ1n) is 12.2. The maximum Gasteiger partial charge on any atom is 0.264 e. The Kier molecular flexibility index (Phi) is 6.08. The molecular weight excluding hydrogens is 529 g/mol. The molecule has 1 atom stereocenters. The maximum atomic E-state index is 14.0. The van der Waals surface area contributed by atoms with Gasteiger partial charge in [-0.15, -0.1) is 16.4 Å². The Morgan fingerprint density at radius 2 is 2.05 bits per heavy atom. The number of benzene rings is 1. The number of aryl methyl sites for hydroxylation is 1. The fraction of sp³-hybridized carbons (Fsp3) is 0.320. The molecule has 0 saturated carbocycles. The summed E-state index contributed by atoms with van der Waals surface area (Å²) < 4.78 is 45.3. The van der Waals surface area contributed by atoms with Crippen LogP contribution in [-0.2, 0) is 23.0 Å². The Balaban J connectivity index is 1.41. The molecule has 1 fully saturated rings. The van der Waals surface area contributed by atoms with E-state index in [0.717, 1.165) is 23.3 Å². The van der Waals surface area contributed by atoms with Crippen LogP contribution in [0.2, 0.25) is 0 Å². The Bertz CT molecular complexity index is 1640. The van der Waals surface area contributed by atoms with Gasteiger partial charge in [0.2, 0.25) is 10.8 Å². The third-order valence-corrected chi connectivity index (χ3v) is 9.57. The maximum absolute atomic E-state index is 14.0. The number of rotatable bonds is 7. The lowest BCUT2D eigenvalue weighted by molar-refractivity contribution is 0.0775. The molecule has 1 aliphatic carbocycles. The van der Waals surface area contributed by atoms with Gasteiger partial charge in [-0.1, -0.05) is 17.7 Å². The largest absolute Gasteiger partial charge is 0.290 e. The highest BCUT2D eigenvalue weighted by Crippen LogP contribution is 2.47. The second-order valence-electron chi connectivity index (χ2n) is 9.45. The van der Waals surface area contributed by atoms with E-state index in [1.807, 2.05) is 13.0 Å². The number of sulfonamides is 1. The van der Waals surface area contributed by atoms with Crippen molar-refractivity contribution in [2.45, 2.75) is 37.8 Å². The van der Waals surface area contributed by atoms with Gasteiger partial charge >= 0.3 is 0 Å². The zero-order chi connectivity index (χ0) is 26.5. The first-order chi connectivity index (χ1) is 18.3. The van der Waals surface area contributed by atoms with Gasteiger partial charge in [-0.05, 0) is 55.2 Å². The Morgan fingerprint density at radius 1 is 1.24 bits per heavy atom. The number of ketones is 1. The summed E-state index contributed by atoms with van der Waals surface area (Å²) in [6.07, 6.45) is 8.04.